The summed E-state index contributed by atoms with van der Waals surface area (Å²) in [4.78, 5) is 30.1. The molecule has 0 aromatic heterocycles. The van der Waals surface area contributed by atoms with Crippen molar-refractivity contribution in [2.75, 3.05) is 31.5 Å². The van der Waals surface area contributed by atoms with Crippen LogP contribution in [0.2, 0.25) is 5.02 Å². The minimum Gasteiger partial charge on any atom is -0.339 e. The number of piperazine rings is 1. The first-order valence-electron chi connectivity index (χ1n) is 9.69. The summed E-state index contributed by atoms with van der Waals surface area (Å²) in [5.41, 5.74) is 1.01. The topological polar surface area (TPSA) is 52.7 Å². The Morgan fingerprint density at radius 3 is 2.32 bits per heavy atom. The van der Waals surface area contributed by atoms with Crippen molar-refractivity contribution in [3.05, 3.63) is 65.2 Å². The second-order valence-electron chi connectivity index (χ2n) is 7.60. The van der Waals surface area contributed by atoms with Crippen molar-refractivity contribution in [2.24, 2.45) is 5.41 Å². The van der Waals surface area contributed by atoms with Gasteiger partial charge in [0.05, 0.1) is 0 Å². The van der Waals surface area contributed by atoms with Crippen molar-refractivity contribution in [3.8, 4) is 0 Å². The third kappa shape index (κ3) is 4.05. The van der Waals surface area contributed by atoms with Crippen LogP contribution in [-0.4, -0.2) is 47.8 Å². The predicted molar refractivity (Wildman–Crippen MR) is 110 cm³/mol. The molecule has 0 bridgehead atoms. The van der Waals surface area contributed by atoms with E-state index in [-0.39, 0.29) is 11.8 Å². The first-order chi connectivity index (χ1) is 13.6. The van der Waals surface area contributed by atoms with Crippen molar-refractivity contribution in [1.29, 1.82) is 0 Å². The summed E-state index contributed by atoms with van der Waals surface area (Å²) >= 11 is 5.98. The molecule has 0 unspecified atom stereocenters. The molecule has 2 aromatic rings. The third-order valence-corrected chi connectivity index (χ3v) is 5.82. The number of anilines is 1. The van der Waals surface area contributed by atoms with Gasteiger partial charge in [-0.15, -0.1) is 0 Å². The van der Waals surface area contributed by atoms with Crippen LogP contribution in [0.25, 0.3) is 0 Å². The van der Waals surface area contributed by atoms with Crippen molar-refractivity contribution >= 4 is 29.1 Å². The molecule has 2 aliphatic rings. The Hall–Kier alpha value is -2.37. The van der Waals surface area contributed by atoms with E-state index >= 15 is 0 Å². The Bertz CT molecular complexity index is 859. The zero-order valence-electron chi connectivity index (χ0n) is 15.7. The van der Waals surface area contributed by atoms with E-state index in [2.05, 4.69) is 22.3 Å². The van der Waals surface area contributed by atoms with Gasteiger partial charge in [0.15, 0.2) is 0 Å². The number of benzene rings is 2. The molecule has 2 amide bonds. The van der Waals surface area contributed by atoms with Gasteiger partial charge >= 0.3 is 0 Å². The molecule has 2 aromatic carbocycles. The number of rotatable bonds is 5. The van der Waals surface area contributed by atoms with Crippen molar-refractivity contribution in [1.82, 2.24) is 9.80 Å². The molecule has 0 atom stereocenters. The van der Waals surface area contributed by atoms with E-state index in [4.69, 9.17) is 11.6 Å². The van der Waals surface area contributed by atoms with E-state index in [1.807, 2.05) is 23.1 Å². The van der Waals surface area contributed by atoms with Gasteiger partial charge in [-0.3, -0.25) is 14.5 Å². The van der Waals surface area contributed by atoms with Crippen molar-refractivity contribution < 1.29 is 9.59 Å². The summed E-state index contributed by atoms with van der Waals surface area (Å²) < 4.78 is 0. The van der Waals surface area contributed by atoms with Crippen molar-refractivity contribution in [3.63, 3.8) is 0 Å². The highest BCUT2D eigenvalue weighted by atomic mass is 35.5. The second kappa shape index (κ2) is 7.94. The van der Waals surface area contributed by atoms with Crippen LogP contribution < -0.4 is 5.32 Å². The number of nitrogens with zero attached hydrogens (tertiary/aromatic N) is 2. The molecule has 1 saturated carbocycles. The van der Waals surface area contributed by atoms with Crippen LogP contribution in [0.3, 0.4) is 0 Å². The lowest BCUT2D eigenvalue weighted by Crippen LogP contribution is -2.52. The van der Waals surface area contributed by atoms with Crippen LogP contribution >= 0.6 is 11.6 Å². The highest BCUT2D eigenvalue weighted by molar-refractivity contribution is 6.31. The molecule has 0 spiro atoms. The van der Waals surface area contributed by atoms with E-state index < -0.39 is 5.41 Å². The standard InChI is InChI=1S/C22H24ClN3O2/c23-18-7-4-8-19(15-18)24-20(27)22(9-10-22)21(28)26-13-11-25(12-14-26)16-17-5-2-1-3-6-17/h1-8,15H,9-14,16H2,(H,24,27). The van der Waals surface area contributed by atoms with E-state index in [1.165, 1.54) is 5.56 Å². The largest absolute Gasteiger partial charge is 0.339 e. The molecular weight excluding hydrogens is 374 g/mol. The van der Waals surface area contributed by atoms with Crippen LogP contribution in [0.4, 0.5) is 5.69 Å². The van der Waals surface area contributed by atoms with Gasteiger partial charge in [-0.25, -0.2) is 0 Å². The maximum atomic E-state index is 13.1. The van der Waals surface area contributed by atoms with E-state index in [0.29, 0.717) is 36.6 Å². The summed E-state index contributed by atoms with van der Waals surface area (Å²) in [6, 6.07) is 17.4. The average molecular weight is 398 g/mol. The van der Waals surface area contributed by atoms with Gasteiger partial charge in [0.2, 0.25) is 11.8 Å². The van der Waals surface area contributed by atoms with Gasteiger partial charge in [0.1, 0.15) is 5.41 Å². The van der Waals surface area contributed by atoms with Crippen LogP contribution in [0.1, 0.15) is 18.4 Å². The molecule has 146 valence electrons. The molecule has 1 aliphatic carbocycles. The predicted octanol–water partition coefficient (Wildman–Crippen LogP) is 3.40. The number of amides is 2. The lowest BCUT2D eigenvalue weighted by molar-refractivity contribution is -0.143. The van der Waals surface area contributed by atoms with Gasteiger partial charge in [-0.2, -0.15) is 0 Å². The molecule has 4 rings (SSSR count). The lowest BCUT2D eigenvalue weighted by atomic mass is 10.0. The summed E-state index contributed by atoms with van der Waals surface area (Å²) in [5.74, 6) is -0.252. The number of nitrogens with one attached hydrogen (secondary N) is 1. The Morgan fingerprint density at radius 1 is 0.964 bits per heavy atom. The normalized spacial score (nSPS) is 18.5. The molecule has 28 heavy (non-hydrogen) atoms. The van der Waals surface area contributed by atoms with Gasteiger partial charge in [-0.05, 0) is 36.6 Å². The SMILES string of the molecule is O=C(Nc1cccc(Cl)c1)C1(C(=O)N2CCN(Cc3ccccc3)CC2)CC1. The number of hydrogen-bond donors (Lipinski definition) is 1. The number of carbonyl (C=O) groups is 2. The maximum Gasteiger partial charge on any atom is 0.240 e. The molecule has 1 heterocycles. The average Bonchev–Trinajstić information content (AvgIpc) is 3.51. The van der Waals surface area contributed by atoms with Gasteiger partial charge in [0.25, 0.3) is 0 Å². The zero-order valence-corrected chi connectivity index (χ0v) is 16.5. The fourth-order valence-corrected chi connectivity index (χ4v) is 3.92. The van der Waals surface area contributed by atoms with Crippen LogP contribution in [0.5, 0.6) is 0 Å². The third-order valence-electron chi connectivity index (χ3n) is 5.59. The molecule has 1 aliphatic heterocycles. The van der Waals surface area contributed by atoms with Crippen LogP contribution in [-0.2, 0) is 16.1 Å². The monoisotopic (exact) mass is 397 g/mol. The summed E-state index contributed by atoms with van der Waals surface area (Å²) in [5, 5.41) is 3.42. The van der Waals surface area contributed by atoms with Crippen LogP contribution in [0.15, 0.2) is 54.6 Å². The smallest absolute Gasteiger partial charge is 0.240 e. The van der Waals surface area contributed by atoms with Gasteiger partial charge < -0.3 is 10.2 Å². The lowest BCUT2D eigenvalue weighted by Gasteiger charge is -2.36. The minimum absolute atomic E-state index is 0.0358. The molecule has 6 heteroatoms. The Labute approximate surface area is 170 Å². The van der Waals surface area contributed by atoms with E-state index in [0.717, 1.165) is 19.6 Å². The molecule has 1 N–H and O–H groups in total. The van der Waals surface area contributed by atoms with Gasteiger partial charge in [0, 0.05) is 43.4 Å². The summed E-state index contributed by atoms with van der Waals surface area (Å²) in [6.45, 7) is 3.87. The first-order valence-corrected chi connectivity index (χ1v) is 10.1. The zero-order chi connectivity index (χ0) is 19.6. The molecule has 1 saturated heterocycles. The van der Waals surface area contributed by atoms with E-state index in [9.17, 15) is 9.59 Å². The Kier molecular flexibility index (Phi) is 5.38. The first kappa shape index (κ1) is 19.0. The van der Waals surface area contributed by atoms with Crippen molar-refractivity contribution in [2.45, 2.75) is 19.4 Å². The molecule has 0 radical (unpaired) electrons. The fourth-order valence-electron chi connectivity index (χ4n) is 3.73. The van der Waals surface area contributed by atoms with E-state index in [1.54, 1.807) is 24.3 Å². The Morgan fingerprint density at radius 2 is 1.68 bits per heavy atom. The fraction of sp³-hybridized carbons (Fsp3) is 0.364. The number of hydrogen-bond acceptors (Lipinski definition) is 3. The van der Waals surface area contributed by atoms with Crippen LogP contribution in [0, 0.1) is 5.41 Å². The molecular formula is C22H24ClN3O2. The minimum atomic E-state index is -0.899. The highest BCUT2D eigenvalue weighted by Crippen LogP contribution is 2.48. The molecule has 2 fully saturated rings. The summed E-state index contributed by atoms with van der Waals surface area (Å²) in [6.07, 6.45) is 1.23. The van der Waals surface area contributed by atoms with Gasteiger partial charge in [-0.1, -0.05) is 48.0 Å². The second-order valence-corrected chi connectivity index (χ2v) is 8.04. The maximum absolute atomic E-state index is 13.1. The summed E-state index contributed by atoms with van der Waals surface area (Å²) in [7, 11) is 0. The highest BCUT2D eigenvalue weighted by Gasteiger charge is 2.58. The number of halogens is 1. The Balaban J connectivity index is 1.33. The molecule has 5 nitrogen and oxygen atoms in total. The number of carbonyl (C=O) groups excluding carboxylic acids is 2. The quantitative estimate of drug-likeness (QED) is 0.787.